The zero-order valence-electron chi connectivity index (χ0n) is 12.2. The lowest BCUT2D eigenvalue weighted by molar-refractivity contribution is -0.0616. The fourth-order valence-electron chi connectivity index (χ4n) is 2.12. The molecule has 0 spiro atoms. The van der Waals surface area contributed by atoms with Crippen LogP contribution in [0.2, 0.25) is 0 Å². The van der Waals surface area contributed by atoms with Crippen molar-refractivity contribution in [3.05, 3.63) is 32.6 Å². The Bertz CT molecular complexity index is 644. The number of aromatic amines is 1. The average molecular weight is 297 g/mol. The van der Waals surface area contributed by atoms with E-state index < -0.39 is 29.7 Å². The van der Waals surface area contributed by atoms with E-state index in [2.05, 4.69) is 10.1 Å². The Morgan fingerprint density at radius 1 is 1.57 bits per heavy atom. The molecule has 1 aromatic rings. The van der Waals surface area contributed by atoms with E-state index in [0.717, 1.165) is 5.71 Å². The standard InChI is InChI=1S/C13H19N3O5/c1-7(2)15-21-9-4-11(20-10(9)6-17)16-5-8(3)12(18)14-13(16)19/h5,9-11,17H,4,6H2,1-3H3,(H,14,18,19)/t9-,10+,11+/m0/s1. The van der Waals surface area contributed by atoms with E-state index in [4.69, 9.17) is 9.57 Å². The van der Waals surface area contributed by atoms with Crippen LogP contribution >= 0.6 is 0 Å². The van der Waals surface area contributed by atoms with Gasteiger partial charge in [0.15, 0.2) is 6.10 Å². The number of hydrogen-bond donors (Lipinski definition) is 2. The number of H-pyrrole nitrogens is 1. The molecule has 116 valence electrons. The van der Waals surface area contributed by atoms with Gasteiger partial charge in [0.1, 0.15) is 12.3 Å². The van der Waals surface area contributed by atoms with Gasteiger partial charge in [0.25, 0.3) is 5.56 Å². The molecule has 1 aliphatic rings. The van der Waals surface area contributed by atoms with E-state index >= 15 is 0 Å². The van der Waals surface area contributed by atoms with Crippen molar-refractivity contribution in [1.29, 1.82) is 0 Å². The van der Waals surface area contributed by atoms with Crippen LogP contribution in [0.15, 0.2) is 20.9 Å². The summed E-state index contributed by atoms with van der Waals surface area (Å²) in [6, 6.07) is 0. The first-order valence-electron chi connectivity index (χ1n) is 6.67. The Hall–Kier alpha value is -1.93. The van der Waals surface area contributed by atoms with Crippen molar-refractivity contribution in [2.45, 2.75) is 45.6 Å². The Balaban J connectivity index is 2.23. The Morgan fingerprint density at radius 3 is 2.90 bits per heavy atom. The third kappa shape index (κ3) is 3.40. The van der Waals surface area contributed by atoms with Crippen molar-refractivity contribution < 1.29 is 14.7 Å². The lowest BCUT2D eigenvalue weighted by atomic mass is 10.2. The van der Waals surface area contributed by atoms with Crippen LogP contribution in [0.4, 0.5) is 0 Å². The molecule has 1 saturated heterocycles. The summed E-state index contributed by atoms with van der Waals surface area (Å²) in [5.74, 6) is 0. The maximum Gasteiger partial charge on any atom is 0.330 e. The quantitative estimate of drug-likeness (QED) is 0.596. The average Bonchev–Trinajstić information content (AvgIpc) is 2.83. The van der Waals surface area contributed by atoms with Gasteiger partial charge < -0.3 is 14.7 Å². The predicted octanol–water partition coefficient (Wildman–Crippen LogP) is -0.0942. The third-order valence-electron chi connectivity index (χ3n) is 3.19. The molecule has 8 nitrogen and oxygen atoms in total. The van der Waals surface area contributed by atoms with Crippen molar-refractivity contribution in [2.24, 2.45) is 5.16 Å². The molecule has 3 atom stereocenters. The molecule has 0 aromatic carbocycles. The zero-order chi connectivity index (χ0) is 15.6. The van der Waals surface area contributed by atoms with Crippen LogP contribution in [0.1, 0.15) is 32.1 Å². The van der Waals surface area contributed by atoms with Crippen LogP contribution in [0.3, 0.4) is 0 Å². The minimum absolute atomic E-state index is 0.240. The maximum absolute atomic E-state index is 11.8. The number of aryl methyl sites for hydroxylation is 1. The van der Waals surface area contributed by atoms with Crippen LogP contribution in [0.5, 0.6) is 0 Å². The molecule has 2 N–H and O–H groups in total. The molecule has 2 heterocycles. The largest absolute Gasteiger partial charge is 0.394 e. The minimum atomic E-state index is -0.609. The van der Waals surface area contributed by atoms with Gasteiger partial charge in [-0.3, -0.25) is 14.3 Å². The summed E-state index contributed by atoms with van der Waals surface area (Å²) in [6.07, 6.45) is 0.165. The number of hydrogen-bond acceptors (Lipinski definition) is 6. The summed E-state index contributed by atoms with van der Waals surface area (Å²) >= 11 is 0. The van der Waals surface area contributed by atoms with Gasteiger partial charge in [-0.2, -0.15) is 0 Å². The highest BCUT2D eigenvalue weighted by molar-refractivity contribution is 5.78. The van der Waals surface area contributed by atoms with Gasteiger partial charge in [0.2, 0.25) is 0 Å². The molecule has 2 rings (SSSR count). The van der Waals surface area contributed by atoms with Gasteiger partial charge >= 0.3 is 5.69 Å². The van der Waals surface area contributed by atoms with Crippen molar-refractivity contribution in [3.8, 4) is 0 Å². The number of aliphatic hydroxyl groups is 1. The van der Waals surface area contributed by atoms with E-state index in [1.165, 1.54) is 10.8 Å². The third-order valence-corrected chi connectivity index (χ3v) is 3.19. The first kappa shape index (κ1) is 15.5. The highest BCUT2D eigenvalue weighted by Crippen LogP contribution is 2.29. The second-order valence-electron chi connectivity index (χ2n) is 5.21. The van der Waals surface area contributed by atoms with Crippen LogP contribution < -0.4 is 11.2 Å². The van der Waals surface area contributed by atoms with E-state index in [-0.39, 0.29) is 6.61 Å². The zero-order valence-corrected chi connectivity index (χ0v) is 12.2. The molecule has 0 amide bonds. The molecule has 1 aliphatic heterocycles. The number of rotatable bonds is 4. The predicted molar refractivity (Wildman–Crippen MR) is 75.3 cm³/mol. The molecule has 0 aliphatic carbocycles. The second-order valence-corrected chi connectivity index (χ2v) is 5.21. The van der Waals surface area contributed by atoms with E-state index in [9.17, 15) is 14.7 Å². The smallest absolute Gasteiger partial charge is 0.330 e. The van der Waals surface area contributed by atoms with E-state index in [1.807, 2.05) is 0 Å². The number of aliphatic hydroxyl groups excluding tert-OH is 1. The molecule has 0 bridgehead atoms. The van der Waals surface area contributed by atoms with Gasteiger partial charge in [0, 0.05) is 18.2 Å². The summed E-state index contributed by atoms with van der Waals surface area (Å²) in [5.41, 5.74) is 0.174. The molecule has 1 aromatic heterocycles. The first-order chi connectivity index (χ1) is 9.92. The highest BCUT2D eigenvalue weighted by atomic mass is 16.7. The normalized spacial score (nSPS) is 24.9. The van der Waals surface area contributed by atoms with Gasteiger partial charge in [0.05, 0.1) is 12.3 Å². The molecule has 21 heavy (non-hydrogen) atoms. The monoisotopic (exact) mass is 297 g/mol. The van der Waals surface area contributed by atoms with Crippen LogP contribution in [-0.4, -0.2) is 39.2 Å². The van der Waals surface area contributed by atoms with Gasteiger partial charge in [-0.05, 0) is 20.8 Å². The minimum Gasteiger partial charge on any atom is -0.394 e. The number of oxime groups is 1. The van der Waals surface area contributed by atoms with Crippen molar-refractivity contribution in [2.75, 3.05) is 6.61 Å². The topological polar surface area (TPSA) is 106 Å². The summed E-state index contributed by atoms with van der Waals surface area (Å²) in [5, 5.41) is 13.2. The van der Waals surface area contributed by atoms with Crippen LogP contribution in [0, 0.1) is 6.92 Å². The Morgan fingerprint density at radius 2 is 2.29 bits per heavy atom. The van der Waals surface area contributed by atoms with Gasteiger partial charge in [-0.1, -0.05) is 5.16 Å². The molecular formula is C13H19N3O5. The van der Waals surface area contributed by atoms with Crippen molar-refractivity contribution >= 4 is 5.71 Å². The SMILES string of the molecule is CC(C)=NO[C@H]1C[C@H](n2cc(C)c(=O)[nH]c2=O)O[C@@H]1CO. The Labute approximate surface area is 121 Å². The lowest BCUT2D eigenvalue weighted by Gasteiger charge is -2.14. The first-order valence-corrected chi connectivity index (χ1v) is 6.67. The molecule has 0 saturated carbocycles. The fourth-order valence-corrected chi connectivity index (χ4v) is 2.12. The van der Waals surface area contributed by atoms with Crippen molar-refractivity contribution in [3.63, 3.8) is 0 Å². The molecule has 0 unspecified atom stereocenters. The summed E-state index contributed by atoms with van der Waals surface area (Å²) in [6.45, 7) is 4.94. The lowest BCUT2D eigenvalue weighted by Crippen LogP contribution is -2.33. The highest BCUT2D eigenvalue weighted by Gasteiger charge is 2.38. The summed E-state index contributed by atoms with van der Waals surface area (Å²) in [4.78, 5) is 30.8. The molecule has 8 heteroatoms. The van der Waals surface area contributed by atoms with E-state index in [1.54, 1.807) is 20.8 Å². The van der Waals surface area contributed by atoms with Gasteiger partial charge in [-0.15, -0.1) is 0 Å². The van der Waals surface area contributed by atoms with Gasteiger partial charge in [-0.25, -0.2) is 4.79 Å². The fraction of sp³-hybridized carbons (Fsp3) is 0.615. The number of ether oxygens (including phenoxy) is 1. The summed E-state index contributed by atoms with van der Waals surface area (Å²) in [7, 11) is 0. The molecular weight excluding hydrogens is 278 g/mol. The molecule has 1 fully saturated rings. The van der Waals surface area contributed by atoms with Crippen LogP contribution in [-0.2, 0) is 9.57 Å². The van der Waals surface area contributed by atoms with E-state index in [0.29, 0.717) is 12.0 Å². The second kappa shape index (κ2) is 6.23. The van der Waals surface area contributed by atoms with Crippen LogP contribution in [0.25, 0.3) is 0 Å². The number of aromatic nitrogens is 2. The van der Waals surface area contributed by atoms with Crippen molar-refractivity contribution in [1.82, 2.24) is 9.55 Å². The maximum atomic E-state index is 11.8. The number of nitrogens with one attached hydrogen (secondary N) is 1. The Kier molecular flexibility index (Phi) is 4.59. The summed E-state index contributed by atoms with van der Waals surface area (Å²) < 4.78 is 6.91. The number of nitrogens with zero attached hydrogens (tertiary/aromatic N) is 2. The molecule has 0 radical (unpaired) electrons.